The smallest absolute Gasteiger partial charge is 0.228 e. The highest BCUT2D eigenvalue weighted by Crippen LogP contribution is 2.27. The highest BCUT2D eigenvalue weighted by atomic mass is 32.1. The van der Waals surface area contributed by atoms with Crippen molar-refractivity contribution in [1.82, 2.24) is 15.3 Å². The Kier molecular flexibility index (Phi) is 5.76. The number of aryl methyl sites for hydroxylation is 2. The minimum absolute atomic E-state index is 0.0411. The molecule has 0 radical (unpaired) electrons. The molecule has 0 aliphatic carbocycles. The second kappa shape index (κ2) is 8.03. The Morgan fingerprint density at radius 2 is 2.12 bits per heavy atom. The Labute approximate surface area is 158 Å². The summed E-state index contributed by atoms with van der Waals surface area (Å²) in [5.41, 5.74) is 1.23. The summed E-state index contributed by atoms with van der Waals surface area (Å²) >= 11 is 1.78. The molecule has 0 spiro atoms. The van der Waals surface area contributed by atoms with Crippen LogP contribution in [0.4, 0.5) is 5.95 Å². The van der Waals surface area contributed by atoms with Crippen molar-refractivity contribution in [1.29, 1.82) is 0 Å². The molecule has 0 saturated carbocycles. The fraction of sp³-hybridized carbons (Fsp3) is 0.526. The number of hydrogen-bond acceptors (Lipinski definition) is 6. The Balaban J connectivity index is 1.55. The zero-order valence-electron chi connectivity index (χ0n) is 15.8. The maximum absolute atomic E-state index is 12.7. The van der Waals surface area contributed by atoms with Crippen LogP contribution in [0, 0.1) is 19.8 Å². The lowest BCUT2D eigenvalue weighted by molar-refractivity contribution is -0.126. The molecule has 0 aromatic carbocycles. The summed E-state index contributed by atoms with van der Waals surface area (Å²) in [5.74, 6) is 1.41. The third-order valence-electron chi connectivity index (χ3n) is 4.88. The number of thiophene rings is 1. The predicted molar refractivity (Wildman–Crippen MR) is 104 cm³/mol. The fourth-order valence-corrected chi connectivity index (χ4v) is 4.45. The van der Waals surface area contributed by atoms with Gasteiger partial charge in [-0.1, -0.05) is 0 Å². The van der Waals surface area contributed by atoms with Gasteiger partial charge in [0.1, 0.15) is 0 Å². The first-order valence-electron chi connectivity index (χ1n) is 8.97. The van der Waals surface area contributed by atoms with E-state index in [1.165, 1.54) is 15.3 Å². The Bertz CT molecular complexity index is 769. The number of carbonyl (C=O) groups is 1. The van der Waals surface area contributed by atoms with E-state index >= 15 is 0 Å². The van der Waals surface area contributed by atoms with Gasteiger partial charge in [0.2, 0.25) is 17.7 Å². The van der Waals surface area contributed by atoms with Gasteiger partial charge in [-0.2, -0.15) is 4.98 Å². The third-order valence-corrected chi connectivity index (χ3v) is 5.86. The largest absolute Gasteiger partial charge is 0.481 e. The summed E-state index contributed by atoms with van der Waals surface area (Å²) < 4.78 is 5.16. The van der Waals surface area contributed by atoms with E-state index < -0.39 is 0 Å². The van der Waals surface area contributed by atoms with Gasteiger partial charge in [-0.25, -0.2) is 4.98 Å². The maximum atomic E-state index is 12.7. The molecule has 1 aliphatic rings. The molecule has 2 aromatic rings. The first-order valence-corrected chi connectivity index (χ1v) is 9.79. The average molecular weight is 375 g/mol. The molecule has 1 saturated heterocycles. The van der Waals surface area contributed by atoms with E-state index in [2.05, 4.69) is 47.0 Å². The number of piperidine rings is 1. The van der Waals surface area contributed by atoms with Gasteiger partial charge in [0, 0.05) is 41.0 Å². The fourth-order valence-electron chi connectivity index (χ4n) is 3.43. The molecule has 2 aromatic heterocycles. The van der Waals surface area contributed by atoms with E-state index in [0.717, 1.165) is 25.9 Å². The summed E-state index contributed by atoms with van der Waals surface area (Å²) in [6, 6.07) is 3.96. The molecule has 1 aliphatic heterocycles. The van der Waals surface area contributed by atoms with Gasteiger partial charge >= 0.3 is 0 Å². The lowest BCUT2D eigenvalue weighted by Crippen LogP contribution is -2.41. The van der Waals surface area contributed by atoms with Crippen molar-refractivity contribution in [2.75, 3.05) is 25.1 Å². The maximum Gasteiger partial charge on any atom is 0.228 e. The molecule has 26 heavy (non-hydrogen) atoms. The Morgan fingerprint density at radius 3 is 2.73 bits per heavy atom. The van der Waals surface area contributed by atoms with Crippen molar-refractivity contribution < 1.29 is 9.53 Å². The van der Waals surface area contributed by atoms with Crippen LogP contribution in [0.5, 0.6) is 5.88 Å². The number of nitrogens with zero attached hydrogens (tertiary/aromatic N) is 3. The number of ether oxygens (including phenoxy) is 1. The van der Waals surface area contributed by atoms with Gasteiger partial charge in [0.25, 0.3) is 0 Å². The number of hydrogen-bond donors (Lipinski definition) is 1. The number of methoxy groups -OCH3 is 1. The third kappa shape index (κ3) is 4.15. The van der Waals surface area contributed by atoms with E-state index in [9.17, 15) is 4.79 Å². The van der Waals surface area contributed by atoms with Crippen molar-refractivity contribution >= 4 is 23.2 Å². The van der Waals surface area contributed by atoms with Crippen LogP contribution < -0.4 is 15.0 Å². The number of nitrogens with one attached hydrogen (secondary N) is 1. The number of aromatic nitrogens is 2. The van der Waals surface area contributed by atoms with E-state index in [-0.39, 0.29) is 17.9 Å². The number of amides is 1. The van der Waals surface area contributed by atoms with Crippen molar-refractivity contribution in [3.8, 4) is 5.88 Å². The number of carbonyl (C=O) groups excluding carboxylic acids is 1. The topological polar surface area (TPSA) is 67.3 Å². The molecule has 0 bridgehead atoms. The molecule has 1 atom stereocenters. The molecule has 6 nitrogen and oxygen atoms in total. The lowest BCUT2D eigenvalue weighted by atomic mass is 9.95. The summed E-state index contributed by atoms with van der Waals surface area (Å²) in [7, 11) is 1.60. The van der Waals surface area contributed by atoms with Gasteiger partial charge in [-0.3, -0.25) is 4.79 Å². The van der Waals surface area contributed by atoms with E-state index in [4.69, 9.17) is 4.74 Å². The zero-order valence-corrected chi connectivity index (χ0v) is 16.6. The van der Waals surface area contributed by atoms with Crippen molar-refractivity contribution in [2.45, 2.75) is 39.7 Å². The van der Waals surface area contributed by atoms with Gasteiger partial charge in [-0.15, -0.1) is 11.3 Å². The molecule has 3 rings (SSSR count). The standard InChI is InChI=1S/C19H26N4O2S/c1-12-11-16(14(3)26-12)13(2)21-18(24)15-6-9-23(10-7-15)19-20-8-5-17(22-19)25-4/h5,8,11,13,15H,6-7,9-10H2,1-4H3,(H,21,24)/t13-/m0/s1. The first kappa shape index (κ1) is 18.6. The molecule has 3 heterocycles. The summed E-state index contributed by atoms with van der Waals surface area (Å²) in [6.07, 6.45) is 3.31. The summed E-state index contributed by atoms with van der Waals surface area (Å²) in [6.45, 7) is 7.83. The lowest BCUT2D eigenvalue weighted by Gasteiger charge is -2.32. The average Bonchev–Trinajstić information content (AvgIpc) is 3.00. The predicted octanol–water partition coefficient (Wildman–Crippen LogP) is 3.26. The Hall–Kier alpha value is -2.15. The number of anilines is 1. The molecule has 1 fully saturated rings. The monoisotopic (exact) mass is 374 g/mol. The van der Waals surface area contributed by atoms with Crippen LogP contribution >= 0.6 is 11.3 Å². The normalized spacial score (nSPS) is 16.4. The van der Waals surface area contributed by atoms with Gasteiger partial charge in [0.05, 0.1) is 13.2 Å². The van der Waals surface area contributed by atoms with E-state index in [1.54, 1.807) is 30.7 Å². The van der Waals surface area contributed by atoms with E-state index in [0.29, 0.717) is 11.8 Å². The van der Waals surface area contributed by atoms with Crippen LogP contribution in [-0.2, 0) is 4.79 Å². The van der Waals surface area contributed by atoms with Gasteiger partial charge in [0.15, 0.2) is 0 Å². The molecule has 1 amide bonds. The Morgan fingerprint density at radius 1 is 1.38 bits per heavy atom. The van der Waals surface area contributed by atoms with Crippen LogP contribution in [0.2, 0.25) is 0 Å². The second-order valence-corrected chi connectivity index (χ2v) is 8.22. The van der Waals surface area contributed by atoms with Crippen molar-refractivity contribution in [2.24, 2.45) is 5.92 Å². The highest BCUT2D eigenvalue weighted by Gasteiger charge is 2.27. The summed E-state index contributed by atoms with van der Waals surface area (Å²) in [4.78, 5) is 26.0. The quantitative estimate of drug-likeness (QED) is 0.870. The summed E-state index contributed by atoms with van der Waals surface area (Å²) in [5, 5.41) is 3.19. The van der Waals surface area contributed by atoms with Crippen LogP contribution in [0.1, 0.15) is 41.1 Å². The molecular weight excluding hydrogens is 348 g/mol. The van der Waals surface area contributed by atoms with Crippen LogP contribution in [0.15, 0.2) is 18.3 Å². The van der Waals surface area contributed by atoms with Gasteiger partial charge < -0.3 is 15.0 Å². The van der Waals surface area contributed by atoms with Crippen LogP contribution in [0.25, 0.3) is 0 Å². The highest BCUT2D eigenvalue weighted by molar-refractivity contribution is 7.12. The van der Waals surface area contributed by atoms with Crippen LogP contribution in [-0.4, -0.2) is 36.1 Å². The SMILES string of the molecule is COc1ccnc(N2CCC(C(=O)N[C@@H](C)c3cc(C)sc3C)CC2)n1. The van der Waals surface area contributed by atoms with Crippen LogP contribution in [0.3, 0.4) is 0 Å². The second-order valence-electron chi connectivity index (χ2n) is 6.76. The molecule has 7 heteroatoms. The first-order chi connectivity index (χ1) is 12.5. The molecule has 140 valence electrons. The van der Waals surface area contributed by atoms with Gasteiger partial charge in [-0.05, 0) is 45.2 Å². The minimum Gasteiger partial charge on any atom is -0.481 e. The minimum atomic E-state index is 0.0411. The molecule has 0 unspecified atom stereocenters. The molecular formula is C19H26N4O2S. The van der Waals surface area contributed by atoms with Crippen molar-refractivity contribution in [3.05, 3.63) is 33.6 Å². The zero-order chi connectivity index (χ0) is 18.7. The van der Waals surface area contributed by atoms with Crippen molar-refractivity contribution in [3.63, 3.8) is 0 Å². The van der Waals surface area contributed by atoms with E-state index in [1.807, 2.05) is 0 Å². The number of rotatable bonds is 5. The molecule has 1 N–H and O–H groups in total.